The third-order valence-corrected chi connectivity index (χ3v) is 0.518. The largest absolute Gasteiger partial charge is 0.417 e. The minimum Gasteiger partial charge on any atom is -0.417 e. The molecule has 0 rings (SSSR count). The van der Waals surface area contributed by atoms with E-state index >= 15 is 0 Å². The summed E-state index contributed by atoms with van der Waals surface area (Å²) < 4.78 is 0. The summed E-state index contributed by atoms with van der Waals surface area (Å²) in [6, 6.07) is 0. The minimum absolute atomic E-state index is 1.02. The van der Waals surface area contributed by atoms with Crippen LogP contribution in [0.2, 0.25) is 0 Å². The average Bonchev–Trinajstić information content (AvgIpc) is 1.69. The first-order chi connectivity index (χ1) is 3.41. The van der Waals surface area contributed by atoms with Gasteiger partial charge in [0.15, 0.2) is 0 Å². The van der Waals surface area contributed by atoms with E-state index in [-0.39, 0.29) is 0 Å². The summed E-state index contributed by atoms with van der Waals surface area (Å²) in [5.74, 6) is 0. The second-order valence-corrected chi connectivity index (χ2v) is 1.10. The van der Waals surface area contributed by atoms with Crippen LogP contribution in [0.3, 0.4) is 0 Å². The van der Waals surface area contributed by atoms with E-state index in [1.165, 1.54) is 0 Å². The number of nitrogens with one attached hydrogen (secondary N) is 1. The van der Waals surface area contributed by atoms with Gasteiger partial charge < -0.3 is 4.84 Å². The van der Waals surface area contributed by atoms with Crippen LogP contribution in [0.15, 0.2) is 12.3 Å². The Kier molecular flexibility index (Phi) is 5.11. The number of hydrogen-bond donors (Lipinski definition) is 1. The molecule has 0 aromatic heterocycles. The van der Waals surface area contributed by atoms with Crippen LogP contribution in [-0.2, 0) is 4.84 Å². The van der Waals surface area contributed by atoms with Crippen molar-refractivity contribution < 1.29 is 4.84 Å². The smallest absolute Gasteiger partial charge is 0.107 e. The zero-order valence-corrected chi connectivity index (χ0v) is 4.77. The highest BCUT2D eigenvalue weighted by molar-refractivity contribution is 4.69. The molecule has 0 atom stereocenters. The molecule has 0 aliphatic heterocycles. The lowest BCUT2D eigenvalue weighted by Crippen LogP contribution is -1.99. The Morgan fingerprint density at radius 1 is 1.71 bits per heavy atom. The Hall–Kier alpha value is -0.500. The van der Waals surface area contributed by atoms with Crippen molar-refractivity contribution >= 4 is 0 Å². The molecule has 2 nitrogen and oxygen atoms in total. The molecule has 0 fully saturated rings. The normalized spacial score (nSPS) is 10.0. The molecule has 0 aromatic rings. The lowest BCUT2D eigenvalue weighted by atomic mass is 10.5. The molecular formula is C5H11NO. The van der Waals surface area contributed by atoms with E-state index in [1.807, 2.05) is 6.08 Å². The summed E-state index contributed by atoms with van der Waals surface area (Å²) in [6.45, 7) is 2.05. The summed E-state index contributed by atoms with van der Waals surface area (Å²) in [5, 5.41) is 0. The maximum absolute atomic E-state index is 4.64. The number of hydrogen-bond acceptors (Lipinski definition) is 2. The van der Waals surface area contributed by atoms with Crippen LogP contribution in [0, 0.1) is 0 Å². The van der Waals surface area contributed by atoms with Crippen molar-refractivity contribution in [3.63, 3.8) is 0 Å². The second kappa shape index (κ2) is 5.50. The Morgan fingerprint density at radius 3 is 2.86 bits per heavy atom. The van der Waals surface area contributed by atoms with Gasteiger partial charge in [-0.05, 0) is 12.5 Å². The van der Waals surface area contributed by atoms with E-state index in [1.54, 1.807) is 13.3 Å². The molecule has 0 amide bonds. The molecule has 0 aliphatic carbocycles. The van der Waals surface area contributed by atoms with Gasteiger partial charge in [0.05, 0.1) is 0 Å². The molecular weight excluding hydrogens is 90.1 g/mol. The van der Waals surface area contributed by atoms with Crippen LogP contribution < -0.4 is 5.48 Å². The Labute approximate surface area is 44.1 Å². The van der Waals surface area contributed by atoms with Crippen LogP contribution in [-0.4, -0.2) is 7.05 Å². The predicted molar refractivity (Wildman–Crippen MR) is 29.6 cm³/mol. The van der Waals surface area contributed by atoms with Crippen molar-refractivity contribution in [1.29, 1.82) is 0 Å². The van der Waals surface area contributed by atoms with Crippen molar-refractivity contribution in [3.05, 3.63) is 12.3 Å². The van der Waals surface area contributed by atoms with Gasteiger partial charge in [0.25, 0.3) is 0 Å². The van der Waals surface area contributed by atoms with E-state index in [0.29, 0.717) is 0 Å². The predicted octanol–water partition coefficient (Wildman–Crippen LogP) is 1.06. The minimum atomic E-state index is 1.02. The van der Waals surface area contributed by atoms with Gasteiger partial charge in [0, 0.05) is 7.05 Å². The first-order valence-electron chi connectivity index (χ1n) is 2.39. The summed E-state index contributed by atoms with van der Waals surface area (Å²) in [7, 11) is 1.72. The maximum Gasteiger partial charge on any atom is 0.107 e. The molecule has 0 radical (unpaired) electrons. The molecule has 0 aromatic carbocycles. The zero-order chi connectivity index (χ0) is 5.54. The van der Waals surface area contributed by atoms with Gasteiger partial charge in [-0.1, -0.05) is 6.92 Å². The topological polar surface area (TPSA) is 21.3 Å². The number of allylic oxidation sites excluding steroid dienone is 1. The monoisotopic (exact) mass is 101 g/mol. The Bertz CT molecular complexity index is 52.0. The molecule has 7 heavy (non-hydrogen) atoms. The van der Waals surface area contributed by atoms with Crippen molar-refractivity contribution in [2.45, 2.75) is 13.3 Å². The molecule has 0 aliphatic rings. The van der Waals surface area contributed by atoms with E-state index in [2.05, 4.69) is 17.2 Å². The van der Waals surface area contributed by atoms with Crippen LogP contribution in [0.4, 0.5) is 0 Å². The molecule has 2 heteroatoms. The second-order valence-electron chi connectivity index (χ2n) is 1.10. The average molecular weight is 101 g/mol. The number of hydroxylamine groups is 1. The van der Waals surface area contributed by atoms with E-state index < -0.39 is 0 Å². The zero-order valence-electron chi connectivity index (χ0n) is 4.77. The highest BCUT2D eigenvalue weighted by Gasteiger charge is 1.63. The first kappa shape index (κ1) is 6.50. The lowest BCUT2D eigenvalue weighted by molar-refractivity contribution is 0.158. The van der Waals surface area contributed by atoms with E-state index in [9.17, 15) is 0 Å². The first-order valence-corrected chi connectivity index (χ1v) is 2.39. The maximum atomic E-state index is 4.64. The van der Waals surface area contributed by atoms with Crippen LogP contribution in [0.25, 0.3) is 0 Å². The lowest BCUT2D eigenvalue weighted by Gasteiger charge is -1.89. The van der Waals surface area contributed by atoms with Gasteiger partial charge in [-0.25, -0.2) is 0 Å². The van der Waals surface area contributed by atoms with Crippen molar-refractivity contribution in [1.82, 2.24) is 5.48 Å². The van der Waals surface area contributed by atoms with Crippen LogP contribution in [0.5, 0.6) is 0 Å². The Morgan fingerprint density at radius 2 is 2.43 bits per heavy atom. The van der Waals surface area contributed by atoms with Crippen LogP contribution in [0.1, 0.15) is 13.3 Å². The SMILES string of the molecule is CCC=CONC. The summed E-state index contributed by atoms with van der Waals surface area (Å²) in [5.41, 5.74) is 2.52. The fraction of sp³-hybridized carbons (Fsp3) is 0.600. The molecule has 0 bridgehead atoms. The molecule has 0 unspecified atom stereocenters. The van der Waals surface area contributed by atoms with E-state index in [0.717, 1.165) is 6.42 Å². The summed E-state index contributed by atoms with van der Waals surface area (Å²) >= 11 is 0. The summed E-state index contributed by atoms with van der Waals surface area (Å²) in [4.78, 5) is 4.64. The van der Waals surface area contributed by atoms with Gasteiger partial charge in [-0.3, -0.25) is 0 Å². The fourth-order valence-corrected chi connectivity index (χ4v) is 0.212. The molecule has 0 saturated carbocycles. The van der Waals surface area contributed by atoms with Crippen molar-refractivity contribution in [2.24, 2.45) is 0 Å². The quantitative estimate of drug-likeness (QED) is 0.424. The van der Waals surface area contributed by atoms with E-state index in [4.69, 9.17) is 0 Å². The fourth-order valence-electron chi connectivity index (χ4n) is 0.212. The highest BCUT2D eigenvalue weighted by Crippen LogP contribution is 1.76. The van der Waals surface area contributed by atoms with Gasteiger partial charge >= 0.3 is 0 Å². The molecule has 0 saturated heterocycles. The number of rotatable bonds is 3. The summed E-state index contributed by atoms with van der Waals surface area (Å²) in [6.07, 6.45) is 4.57. The Balaban J connectivity index is 2.78. The molecule has 0 spiro atoms. The van der Waals surface area contributed by atoms with Crippen molar-refractivity contribution in [3.8, 4) is 0 Å². The van der Waals surface area contributed by atoms with Gasteiger partial charge in [-0.15, -0.1) is 0 Å². The van der Waals surface area contributed by atoms with Gasteiger partial charge in [-0.2, -0.15) is 5.48 Å². The standard InChI is InChI=1S/C5H11NO/c1-3-4-5-7-6-2/h4-6H,3H2,1-2H3. The highest BCUT2D eigenvalue weighted by atomic mass is 16.6. The van der Waals surface area contributed by atoms with Crippen LogP contribution >= 0.6 is 0 Å². The van der Waals surface area contributed by atoms with Gasteiger partial charge in [0.1, 0.15) is 6.26 Å². The van der Waals surface area contributed by atoms with Gasteiger partial charge in [0.2, 0.25) is 0 Å². The molecule has 0 heterocycles. The van der Waals surface area contributed by atoms with Crippen molar-refractivity contribution in [2.75, 3.05) is 7.05 Å². The molecule has 42 valence electrons. The third kappa shape index (κ3) is 5.50. The third-order valence-electron chi connectivity index (χ3n) is 0.518. The molecule has 1 N–H and O–H groups in total.